The molecular weight excluding hydrogens is 235 g/mol. The Bertz CT molecular complexity index is 431. The third kappa shape index (κ3) is 3.20. The highest BCUT2D eigenvalue weighted by Crippen LogP contribution is 2.09. The van der Waals surface area contributed by atoms with Gasteiger partial charge in [0.1, 0.15) is 5.82 Å². The van der Waals surface area contributed by atoms with Crippen LogP contribution in [-0.4, -0.2) is 37.2 Å². The highest BCUT2D eigenvalue weighted by Gasteiger charge is 2.16. The van der Waals surface area contributed by atoms with Crippen LogP contribution in [0.15, 0.2) is 18.2 Å². The Morgan fingerprint density at radius 2 is 2.17 bits per heavy atom. The Hall–Kier alpha value is -1.62. The molecule has 1 aromatic carbocycles. The maximum atomic E-state index is 13.3. The summed E-state index contributed by atoms with van der Waals surface area (Å²) in [7, 11) is 0. The second kappa shape index (κ2) is 5.82. The van der Waals surface area contributed by atoms with Gasteiger partial charge in [0.05, 0.1) is 13.2 Å². The summed E-state index contributed by atoms with van der Waals surface area (Å²) in [6, 6.07) is 4.86. The van der Waals surface area contributed by atoms with Crippen LogP contribution < -0.4 is 5.32 Å². The van der Waals surface area contributed by atoms with Gasteiger partial charge < -0.3 is 15.0 Å². The molecule has 1 aliphatic heterocycles. The van der Waals surface area contributed by atoms with Crippen LogP contribution in [0.2, 0.25) is 0 Å². The Kier molecular flexibility index (Phi) is 4.15. The third-order valence-corrected chi connectivity index (χ3v) is 2.98. The quantitative estimate of drug-likeness (QED) is 0.870. The Balaban J connectivity index is 1.86. The number of benzene rings is 1. The van der Waals surface area contributed by atoms with Gasteiger partial charge in [0.15, 0.2) is 0 Å². The van der Waals surface area contributed by atoms with Crippen molar-refractivity contribution < 1.29 is 13.9 Å². The summed E-state index contributed by atoms with van der Waals surface area (Å²) in [5.41, 5.74) is 1.37. The Labute approximate surface area is 106 Å². The van der Waals surface area contributed by atoms with Crippen molar-refractivity contribution in [1.29, 1.82) is 0 Å². The molecule has 1 fully saturated rings. The van der Waals surface area contributed by atoms with Crippen LogP contribution in [0.5, 0.6) is 0 Å². The maximum absolute atomic E-state index is 13.3. The molecule has 0 aliphatic carbocycles. The number of morpholine rings is 1. The number of rotatable bonds is 2. The Morgan fingerprint density at radius 3 is 2.83 bits per heavy atom. The summed E-state index contributed by atoms with van der Waals surface area (Å²) < 4.78 is 18.5. The molecule has 0 spiro atoms. The van der Waals surface area contributed by atoms with Crippen LogP contribution in [0, 0.1) is 12.7 Å². The number of aryl methyl sites for hydroxylation is 1. The summed E-state index contributed by atoms with van der Waals surface area (Å²) in [6.45, 7) is 4.42. The van der Waals surface area contributed by atoms with E-state index in [1.165, 1.54) is 6.07 Å². The van der Waals surface area contributed by atoms with Crippen molar-refractivity contribution in [2.75, 3.05) is 26.3 Å². The van der Waals surface area contributed by atoms with Gasteiger partial charge in [-0.25, -0.2) is 9.18 Å². The van der Waals surface area contributed by atoms with Crippen molar-refractivity contribution in [2.45, 2.75) is 13.5 Å². The summed E-state index contributed by atoms with van der Waals surface area (Å²) in [4.78, 5) is 13.5. The molecule has 0 aromatic heterocycles. The van der Waals surface area contributed by atoms with Crippen LogP contribution in [-0.2, 0) is 11.3 Å². The second-order valence-electron chi connectivity index (χ2n) is 4.34. The minimum atomic E-state index is -0.242. The number of carbonyl (C=O) groups excluding carboxylic acids is 1. The lowest BCUT2D eigenvalue weighted by atomic mass is 10.1. The number of nitrogens with one attached hydrogen (secondary N) is 1. The number of carbonyl (C=O) groups is 1. The lowest BCUT2D eigenvalue weighted by Crippen LogP contribution is -2.45. The zero-order chi connectivity index (χ0) is 13.0. The molecule has 0 unspecified atom stereocenters. The molecule has 1 saturated heterocycles. The number of amides is 2. The fraction of sp³-hybridized carbons (Fsp3) is 0.462. The van der Waals surface area contributed by atoms with E-state index in [1.807, 2.05) is 6.07 Å². The molecular formula is C13H17FN2O2. The maximum Gasteiger partial charge on any atom is 0.317 e. The van der Waals surface area contributed by atoms with Gasteiger partial charge >= 0.3 is 6.03 Å². The van der Waals surface area contributed by atoms with Crippen LogP contribution in [0.4, 0.5) is 9.18 Å². The van der Waals surface area contributed by atoms with E-state index < -0.39 is 0 Å². The molecule has 4 nitrogen and oxygen atoms in total. The molecule has 1 aromatic rings. The van der Waals surface area contributed by atoms with Gasteiger partial charge in [0.2, 0.25) is 0 Å². The van der Waals surface area contributed by atoms with Gasteiger partial charge in [-0.3, -0.25) is 0 Å². The monoisotopic (exact) mass is 252 g/mol. The van der Waals surface area contributed by atoms with Crippen LogP contribution >= 0.6 is 0 Å². The molecule has 2 rings (SSSR count). The predicted octanol–water partition coefficient (Wildman–Crippen LogP) is 1.68. The molecule has 0 saturated carbocycles. The van der Waals surface area contributed by atoms with Crippen molar-refractivity contribution >= 4 is 6.03 Å². The van der Waals surface area contributed by atoms with Gasteiger partial charge in [-0.05, 0) is 24.1 Å². The van der Waals surface area contributed by atoms with E-state index in [0.717, 1.165) is 5.56 Å². The second-order valence-corrected chi connectivity index (χ2v) is 4.34. The number of halogens is 1. The lowest BCUT2D eigenvalue weighted by molar-refractivity contribution is 0.0531. The fourth-order valence-electron chi connectivity index (χ4n) is 1.80. The van der Waals surface area contributed by atoms with Gasteiger partial charge in [-0.1, -0.05) is 12.1 Å². The molecule has 0 bridgehead atoms. The minimum Gasteiger partial charge on any atom is -0.378 e. The van der Waals surface area contributed by atoms with Gasteiger partial charge in [0.25, 0.3) is 0 Å². The van der Waals surface area contributed by atoms with E-state index in [0.29, 0.717) is 38.4 Å². The molecule has 2 amide bonds. The predicted molar refractivity (Wildman–Crippen MR) is 65.8 cm³/mol. The van der Waals surface area contributed by atoms with E-state index in [2.05, 4.69) is 5.32 Å². The number of nitrogens with zero attached hydrogens (tertiary/aromatic N) is 1. The molecule has 5 heteroatoms. The standard InChI is InChI=1S/C13H17FN2O2/c1-10-2-3-11(8-12(10)14)9-15-13(17)16-4-6-18-7-5-16/h2-3,8H,4-7,9H2,1H3,(H,15,17). The zero-order valence-electron chi connectivity index (χ0n) is 10.4. The van der Waals surface area contributed by atoms with E-state index in [1.54, 1.807) is 17.9 Å². The average Bonchev–Trinajstić information content (AvgIpc) is 2.41. The van der Waals surface area contributed by atoms with Gasteiger partial charge in [-0.2, -0.15) is 0 Å². The van der Waals surface area contributed by atoms with Crippen LogP contribution in [0.1, 0.15) is 11.1 Å². The molecule has 1 heterocycles. The van der Waals surface area contributed by atoms with Crippen molar-refractivity contribution in [3.63, 3.8) is 0 Å². The lowest BCUT2D eigenvalue weighted by Gasteiger charge is -2.26. The van der Waals surface area contributed by atoms with E-state index >= 15 is 0 Å². The van der Waals surface area contributed by atoms with E-state index in [9.17, 15) is 9.18 Å². The van der Waals surface area contributed by atoms with Gasteiger partial charge in [-0.15, -0.1) is 0 Å². The van der Waals surface area contributed by atoms with Crippen molar-refractivity contribution in [3.8, 4) is 0 Å². The molecule has 0 atom stereocenters. The SMILES string of the molecule is Cc1ccc(CNC(=O)N2CCOCC2)cc1F. The number of ether oxygens (including phenoxy) is 1. The van der Waals surface area contributed by atoms with Crippen molar-refractivity contribution in [1.82, 2.24) is 10.2 Å². The van der Waals surface area contributed by atoms with Crippen LogP contribution in [0.3, 0.4) is 0 Å². The first-order valence-electron chi connectivity index (χ1n) is 6.02. The van der Waals surface area contributed by atoms with Gasteiger partial charge in [0, 0.05) is 19.6 Å². The number of urea groups is 1. The molecule has 98 valence electrons. The Morgan fingerprint density at radius 1 is 1.44 bits per heavy atom. The summed E-state index contributed by atoms with van der Waals surface area (Å²) >= 11 is 0. The van der Waals surface area contributed by atoms with Crippen LogP contribution in [0.25, 0.3) is 0 Å². The molecule has 18 heavy (non-hydrogen) atoms. The first kappa shape index (κ1) is 12.8. The van der Waals surface area contributed by atoms with E-state index in [4.69, 9.17) is 4.74 Å². The number of hydrogen-bond donors (Lipinski definition) is 1. The number of hydrogen-bond acceptors (Lipinski definition) is 2. The topological polar surface area (TPSA) is 41.6 Å². The third-order valence-electron chi connectivity index (χ3n) is 2.98. The van der Waals surface area contributed by atoms with E-state index in [-0.39, 0.29) is 11.8 Å². The molecule has 1 aliphatic rings. The fourth-order valence-corrected chi connectivity index (χ4v) is 1.80. The normalized spacial score (nSPS) is 15.6. The summed E-state index contributed by atoms with van der Waals surface area (Å²) in [5.74, 6) is -0.242. The van der Waals surface area contributed by atoms with Crippen molar-refractivity contribution in [3.05, 3.63) is 35.1 Å². The molecule has 1 N–H and O–H groups in total. The smallest absolute Gasteiger partial charge is 0.317 e. The highest BCUT2D eigenvalue weighted by atomic mass is 19.1. The summed E-state index contributed by atoms with van der Waals surface area (Å²) in [5, 5.41) is 2.78. The zero-order valence-corrected chi connectivity index (χ0v) is 10.4. The van der Waals surface area contributed by atoms with Crippen molar-refractivity contribution in [2.24, 2.45) is 0 Å². The first-order chi connectivity index (χ1) is 8.66. The summed E-state index contributed by atoms with van der Waals surface area (Å²) in [6.07, 6.45) is 0. The largest absolute Gasteiger partial charge is 0.378 e. The minimum absolute atomic E-state index is 0.126. The first-order valence-corrected chi connectivity index (χ1v) is 6.02. The molecule has 0 radical (unpaired) electrons. The highest BCUT2D eigenvalue weighted by molar-refractivity contribution is 5.74. The average molecular weight is 252 g/mol.